The van der Waals surface area contributed by atoms with E-state index in [1.54, 1.807) is 0 Å². The molecule has 25 heavy (non-hydrogen) atoms. The number of carbonyl (C=O) groups is 1. The molecule has 0 aromatic carbocycles. The van der Waals surface area contributed by atoms with E-state index in [2.05, 4.69) is 5.32 Å². The second-order valence-corrected chi connectivity index (χ2v) is 7.73. The molecule has 0 aliphatic carbocycles. The Labute approximate surface area is 150 Å². The van der Waals surface area contributed by atoms with E-state index in [9.17, 15) is 13.6 Å². The van der Waals surface area contributed by atoms with Gasteiger partial charge in [0.05, 0.1) is 6.61 Å². The molecule has 0 saturated carbocycles. The average molecular weight is 364 g/mol. The van der Waals surface area contributed by atoms with Crippen molar-refractivity contribution in [1.29, 1.82) is 0 Å². The number of carbonyl (C=O) groups excluding carboxylic acids is 1. The molecule has 1 aliphatic rings. The Balaban J connectivity index is 2.46. The van der Waals surface area contributed by atoms with Crippen LogP contribution in [0.4, 0.5) is 13.6 Å². The van der Waals surface area contributed by atoms with Crippen LogP contribution in [0.2, 0.25) is 0 Å². The van der Waals surface area contributed by atoms with Crippen LogP contribution >= 0.6 is 0 Å². The van der Waals surface area contributed by atoms with Crippen LogP contribution in [-0.2, 0) is 9.47 Å². The summed E-state index contributed by atoms with van der Waals surface area (Å²) < 4.78 is 34.4. The van der Waals surface area contributed by atoms with Crippen molar-refractivity contribution >= 4 is 6.09 Å². The molecule has 1 aliphatic heterocycles. The molecular formula is C18H34F2N2O3. The number of alkyl halides is 2. The molecule has 0 aromatic rings. The summed E-state index contributed by atoms with van der Waals surface area (Å²) in [7, 11) is 0. The minimum atomic E-state index is -2.43. The van der Waals surface area contributed by atoms with Gasteiger partial charge in [0.15, 0.2) is 0 Å². The molecule has 148 valence electrons. The molecule has 0 aromatic heterocycles. The fourth-order valence-corrected chi connectivity index (χ4v) is 3.02. The van der Waals surface area contributed by atoms with E-state index in [0.29, 0.717) is 6.54 Å². The van der Waals surface area contributed by atoms with Crippen LogP contribution in [0.3, 0.4) is 0 Å². The van der Waals surface area contributed by atoms with E-state index in [0.717, 1.165) is 38.6 Å². The number of nitrogens with zero attached hydrogens (tertiary/aromatic N) is 1. The summed E-state index contributed by atoms with van der Waals surface area (Å²) in [6.45, 7) is 8.66. The molecule has 5 nitrogen and oxygen atoms in total. The van der Waals surface area contributed by atoms with Gasteiger partial charge in [0.25, 0.3) is 6.43 Å². The maximum Gasteiger partial charge on any atom is 0.410 e. The van der Waals surface area contributed by atoms with Gasteiger partial charge < -0.3 is 19.7 Å². The molecule has 0 radical (unpaired) electrons. The predicted octanol–water partition coefficient (Wildman–Crippen LogP) is 3.82. The summed E-state index contributed by atoms with van der Waals surface area (Å²) in [5, 5.41) is 3.28. The molecule has 1 fully saturated rings. The second-order valence-electron chi connectivity index (χ2n) is 7.73. The summed E-state index contributed by atoms with van der Waals surface area (Å²) in [5.41, 5.74) is -0.500. The predicted molar refractivity (Wildman–Crippen MR) is 94.1 cm³/mol. The maximum atomic E-state index is 12.5. The Morgan fingerprint density at radius 1 is 1.28 bits per heavy atom. The lowest BCUT2D eigenvalue weighted by Crippen LogP contribution is -2.46. The number of hydrogen-bond donors (Lipinski definition) is 1. The number of rotatable bonds is 8. The summed E-state index contributed by atoms with van der Waals surface area (Å²) >= 11 is 0. The van der Waals surface area contributed by atoms with Gasteiger partial charge in [-0.25, -0.2) is 13.6 Å². The lowest BCUT2D eigenvalue weighted by molar-refractivity contribution is 0.0138. The van der Waals surface area contributed by atoms with Gasteiger partial charge in [-0.3, -0.25) is 0 Å². The third-order valence-electron chi connectivity index (χ3n) is 4.11. The Kier molecular flexibility index (Phi) is 9.64. The van der Waals surface area contributed by atoms with Crippen molar-refractivity contribution in [2.45, 2.75) is 83.9 Å². The standard InChI is InChI=1S/C18H34F2N2O3/c1-14(21-9-11-24-13-16(19)20)12-15-8-6-5-7-10-22(15)17(23)25-18(2,3)4/h14-16,21H,5-13H2,1-4H3. The van der Waals surface area contributed by atoms with Gasteiger partial charge in [0, 0.05) is 25.2 Å². The van der Waals surface area contributed by atoms with E-state index in [1.165, 1.54) is 0 Å². The highest BCUT2D eigenvalue weighted by molar-refractivity contribution is 5.68. The third kappa shape index (κ3) is 9.94. The average Bonchev–Trinajstić information content (AvgIpc) is 2.70. The summed E-state index contributed by atoms with van der Waals surface area (Å²) in [6, 6.07) is 0.310. The third-order valence-corrected chi connectivity index (χ3v) is 4.11. The maximum absolute atomic E-state index is 12.5. The van der Waals surface area contributed by atoms with Gasteiger partial charge in [-0.1, -0.05) is 12.8 Å². The van der Waals surface area contributed by atoms with Crippen molar-refractivity contribution in [3.63, 3.8) is 0 Å². The zero-order valence-corrected chi connectivity index (χ0v) is 16.0. The van der Waals surface area contributed by atoms with Crippen LogP contribution in [0.1, 0.15) is 59.8 Å². The molecule has 1 saturated heterocycles. The summed E-state index contributed by atoms with van der Waals surface area (Å²) in [4.78, 5) is 14.4. The van der Waals surface area contributed by atoms with Crippen molar-refractivity contribution in [3.8, 4) is 0 Å². The first-order chi connectivity index (χ1) is 11.7. The second kappa shape index (κ2) is 10.9. The Morgan fingerprint density at radius 3 is 2.64 bits per heavy atom. The first kappa shape index (κ1) is 22.1. The van der Waals surface area contributed by atoms with Crippen LogP contribution in [-0.4, -0.2) is 61.4 Å². The first-order valence-electron chi connectivity index (χ1n) is 9.28. The van der Waals surface area contributed by atoms with Gasteiger partial charge in [-0.05, 0) is 47.0 Å². The summed E-state index contributed by atoms with van der Waals surface area (Å²) in [5.74, 6) is 0. The fraction of sp³-hybridized carbons (Fsp3) is 0.944. The molecule has 1 amide bonds. The van der Waals surface area contributed by atoms with Crippen LogP contribution < -0.4 is 5.32 Å². The number of amides is 1. The molecule has 2 atom stereocenters. The van der Waals surface area contributed by atoms with Crippen LogP contribution in [0.5, 0.6) is 0 Å². The van der Waals surface area contributed by atoms with E-state index in [1.807, 2.05) is 32.6 Å². The van der Waals surface area contributed by atoms with Crippen molar-refractivity contribution in [1.82, 2.24) is 10.2 Å². The monoisotopic (exact) mass is 364 g/mol. The van der Waals surface area contributed by atoms with Crippen LogP contribution in [0.15, 0.2) is 0 Å². The van der Waals surface area contributed by atoms with E-state index in [-0.39, 0.29) is 24.8 Å². The molecule has 7 heteroatoms. The highest BCUT2D eigenvalue weighted by Crippen LogP contribution is 2.23. The zero-order chi connectivity index (χ0) is 18.9. The highest BCUT2D eigenvalue weighted by Gasteiger charge is 2.30. The quantitative estimate of drug-likeness (QED) is 0.665. The molecule has 0 bridgehead atoms. The van der Waals surface area contributed by atoms with Crippen LogP contribution in [0, 0.1) is 0 Å². The summed E-state index contributed by atoms with van der Waals surface area (Å²) in [6.07, 6.45) is 2.34. The number of halogens is 2. The lowest BCUT2D eigenvalue weighted by Gasteiger charge is -2.33. The smallest absolute Gasteiger partial charge is 0.410 e. The largest absolute Gasteiger partial charge is 0.444 e. The fourth-order valence-electron chi connectivity index (χ4n) is 3.02. The number of nitrogens with one attached hydrogen (secondary N) is 1. The molecular weight excluding hydrogens is 330 g/mol. The van der Waals surface area contributed by atoms with Gasteiger partial charge >= 0.3 is 6.09 Å². The van der Waals surface area contributed by atoms with Gasteiger partial charge in [0.1, 0.15) is 12.2 Å². The van der Waals surface area contributed by atoms with E-state index in [4.69, 9.17) is 9.47 Å². The first-order valence-corrected chi connectivity index (χ1v) is 9.28. The van der Waals surface area contributed by atoms with Crippen molar-refractivity contribution in [2.75, 3.05) is 26.3 Å². The topological polar surface area (TPSA) is 50.8 Å². The number of ether oxygens (including phenoxy) is 2. The van der Waals surface area contributed by atoms with Crippen LogP contribution in [0.25, 0.3) is 0 Å². The van der Waals surface area contributed by atoms with Gasteiger partial charge in [-0.15, -0.1) is 0 Å². The lowest BCUT2D eigenvalue weighted by atomic mass is 10.0. The number of hydrogen-bond acceptors (Lipinski definition) is 4. The number of likely N-dealkylation sites (tertiary alicyclic amines) is 1. The van der Waals surface area contributed by atoms with E-state index < -0.39 is 18.6 Å². The molecule has 1 N–H and O–H groups in total. The normalized spacial score (nSPS) is 20.4. The molecule has 2 unspecified atom stereocenters. The van der Waals surface area contributed by atoms with Gasteiger partial charge in [0.2, 0.25) is 0 Å². The minimum absolute atomic E-state index is 0.141. The SMILES string of the molecule is CC(CC1CCCCCN1C(=O)OC(C)(C)C)NCCOCC(F)F. The van der Waals surface area contributed by atoms with Crippen molar-refractivity contribution < 1.29 is 23.0 Å². The minimum Gasteiger partial charge on any atom is -0.444 e. The van der Waals surface area contributed by atoms with Crippen molar-refractivity contribution in [3.05, 3.63) is 0 Å². The molecule has 0 spiro atoms. The highest BCUT2D eigenvalue weighted by atomic mass is 19.3. The van der Waals surface area contributed by atoms with Gasteiger partial charge in [-0.2, -0.15) is 0 Å². The zero-order valence-electron chi connectivity index (χ0n) is 16.0. The Bertz CT molecular complexity index is 389. The molecule has 1 heterocycles. The molecule has 1 rings (SSSR count). The van der Waals surface area contributed by atoms with E-state index >= 15 is 0 Å². The Hall–Kier alpha value is -0.950. The Morgan fingerprint density at radius 2 is 2.00 bits per heavy atom. The van der Waals surface area contributed by atoms with Crippen molar-refractivity contribution in [2.24, 2.45) is 0 Å².